The fourth-order valence-electron chi connectivity index (χ4n) is 6.26. The molecule has 200 valence electrons. The van der Waals surface area contributed by atoms with Gasteiger partial charge in [0, 0.05) is 34.8 Å². The summed E-state index contributed by atoms with van der Waals surface area (Å²) >= 11 is 0. The van der Waals surface area contributed by atoms with E-state index in [0.29, 0.717) is 5.56 Å². The van der Waals surface area contributed by atoms with E-state index < -0.39 is 35.4 Å². The highest BCUT2D eigenvalue weighted by Gasteiger charge is 2.47. The van der Waals surface area contributed by atoms with Gasteiger partial charge in [-0.2, -0.15) is 5.26 Å². The number of carbonyl (C=O) groups is 1. The van der Waals surface area contributed by atoms with E-state index in [2.05, 4.69) is 27.1 Å². The molecule has 3 aliphatic carbocycles. The molecular formula is C31H23F3N4O2. The summed E-state index contributed by atoms with van der Waals surface area (Å²) in [5.41, 5.74) is 0.331. The van der Waals surface area contributed by atoms with Gasteiger partial charge in [-0.05, 0) is 55.7 Å². The van der Waals surface area contributed by atoms with Gasteiger partial charge in [-0.15, -0.1) is 0 Å². The summed E-state index contributed by atoms with van der Waals surface area (Å²) in [4.78, 5) is 19.4. The summed E-state index contributed by atoms with van der Waals surface area (Å²) in [5, 5.41) is 23.3. The van der Waals surface area contributed by atoms with Crippen LogP contribution in [0, 0.1) is 58.4 Å². The zero-order chi connectivity index (χ0) is 28.0. The van der Waals surface area contributed by atoms with Crippen molar-refractivity contribution >= 4 is 22.7 Å². The van der Waals surface area contributed by atoms with Crippen LogP contribution < -0.4 is 5.32 Å². The number of anilines is 1. The molecule has 7 rings (SSSR count). The average Bonchev–Trinajstić information content (AvgIpc) is 3.38. The molecule has 3 fully saturated rings. The maximum Gasteiger partial charge on any atom is 0.308 e. The van der Waals surface area contributed by atoms with Gasteiger partial charge in [0.05, 0.1) is 28.3 Å². The summed E-state index contributed by atoms with van der Waals surface area (Å²) in [6, 6.07) is 12.1. The number of nitriles is 1. The van der Waals surface area contributed by atoms with Crippen LogP contribution in [0.2, 0.25) is 0 Å². The number of fused-ring (bicyclic) bond motifs is 4. The fourth-order valence-corrected chi connectivity index (χ4v) is 6.26. The zero-order valence-electron chi connectivity index (χ0n) is 21.1. The minimum absolute atomic E-state index is 0.00775. The third-order valence-corrected chi connectivity index (χ3v) is 8.12. The number of hydrogen-bond acceptors (Lipinski definition) is 4. The molecule has 0 aliphatic heterocycles. The molecule has 2 aromatic heterocycles. The number of carboxylic acids is 1. The van der Waals surface area contributed by atoms with Crippen molar-refractivity contribution in [2.45, 2.75) is 31.7 Å². The number of benzene rings is 2. The maximum absolute atomic E-state index is 16.2. The van der Waals surface area contributed by atoms with Crippen LogP contribution in [0.5, 0.6) is 0 Å². The zero-order valence-corrected chi connectivity index (χ0v) is 21.1. The van der Waals surface area contributed by atoms with Gasteiger partial charge in [0.15, 0.2) is 11.6 Å². The van der Waals surface area contributed by atoms with E-state index in [1.165, 1.54) is 6.20 Å². The van der Waals surface area contributed by atoms with Crippen molar-refractivity contribution in [3.63, 3.8) is 0 Å². The molecule has 0 amide bonds. The van der Waals surface area contributed by atoms with Gasteiger partial charge in [-0.25, -0.2) is 18.2 Å². The number of pyridine rings is 1. The number of rotatable bonds is 4. The Balaban J connectivity index is 1.56. The Hall–Kier alpha value is -4.76. The first-order valence-electron chi connectivity index (χ1n) is 13.0. The Morgan fingerprint density at radius 2 is 1.75 bits per heavy atom. The Kier molecular flexibility index (Phi) is 6.43. The second-order valence-electron chi connectivity index (χ2n) is 10.3. The highest BCUT2D eigenvalue weighted by molar-refractivity contribution is 5.97. The topological polar surface area (TPSA) is 102 Å². The number of aromatic amines is 1. The SMILES string of the molecule is N#Cc1c(-c2c[nH]c3c(F)cc(F)cc23)nc(NC2C3CCC(CC3)C2C(=O)O)c(F)c1C#Cc1ccccc1. The van der Waals surface area contributed by atoms with Gasteiger partial charge in [-0.1, -0.05) is 30.0 Å². The second kappa shape index (κ2) is 10.1. The molecule has 9 heteroatoms. The van der Waals surface area contributed by atoms with Crippen LogP contribution in [-0.4, -0.2) is 27.1 Å². The van der Waals surface area contributed by atoms with Crippen molar-refractivity contribution in [3.05, 3.63) is 82.8 Å². The summed E-state index contributed by atoms with van der Waals surface area (Å²) < 4.78 is 44.9. The van der Waals surface area contributed by atoms with Crippen LogP contribution >= 0.6 is 0 Å². The molecular weight excluding hydrogens is 517 g/mol. The van der Waals surface area contributed by atoms with Crippen molar-refractivity contribution in [2.24, 2.45) is 17.8 Å². The monoisotopic (exact) mass is 540 g/mol. The number of carboxylic acid groups (broad SMARTS) is 1. The molecule has 2 unspecified atom stereocenters. The molecule has 6 nitrogen and oxygen atoms in total. The molecule has 0 saturated heterocycles. The van der Waals surface area contributed by atoms with Crippen LogP contribution in [-0.2, 0) is 4.79 Å². The lowest BCUT2D eigenvalue weighted by atomic mass is 9.61. The van der Waals surface area contributed by atoms with E-state index in [1.807, 2.05) is 12.1 Å². The normalized spacial score (nSPS) is 21.4. The van der Waals surface area contributed by atoms with Gasteiger partial charge in [0.25, 0.3) is 0 Å². The largest absolute Gasteiger partial charge is 0.481 e. The van der Waals surface area contributed by atoms with Gasteiger partial charge in [0.1, 0.15) is 17.7 Å². The average molecular weight is 541 g/mol. The first-order chi connectivity index (χ1) is 19.4. The minimum Gasteiger partial charge on any atom is -0.481 e. The van der Waals surface area contributed by atoms with Gasteiger partial charge < -0.3 is 15.4 Å². The van der Waals surface area contributed by atoms with Crippen LogP contribution in [0.3, 0.4) is 0 Å². The number of nitrogens with zero attached hydrogens (tertiary/aromatic N) is 2. The lowest BCUT2D eigenvalue weighted by Gasteiger charge is -2.47. The summed E-state index contributed by atoms with van der Waals surface area (Å²) in [6.07, 6.45) is 4.62. The van der Waals surface area contributed by atoms with E-state index in [0.717, 1.165) is 37.8 Å². The molecule has 40 heavy (non-hydrogen) atoms. The van der Waals surface area contributed by atoms with E-state index in [-0.39, 0.29) is 50.9 Å². The van der Waals surface area contributed by atoms with Crippen molar-refractivity contribution in [1.82, 2.24) is 9.97 Å². The second-order valence-corrected chi connectivity index (χ2v) is 10.3. The number of aliphatic carboxylic acids is 1. The van der Waals surface area contributed by atoms with Gasteiger partial charge >= 0.3 is 5.97 Å². The smallest absolute Gasteiger partial charge is 0.308 e. The Bertz CT molecular complexity index is 1740. The summed E-state index contributed by atoms with van der Waals surface area (Å²) in [5.74, 6) is 1.17. The quantitative estimate of drug-likeness (QED) is 0.267. The first-order valence-corrected chi connectivity index (χ1v) is 13.0. The van der Waals surface area contributed by atoms with Crippen molar-refractivity contribution in [2.75, 3.05) is 5.32 Å². The van der Waals surface area contributed by atoms with Crippen LogP contribution in [0.25, 0.3) is 22.2 Å². The molecule has 4 aromatic rings. The number of H-pyrrole nitrogens is 1. The Labute approximate surface area is 227 Å². The van der Waals surface area contributed by atoms with Crippen molar-refractivity contribution < 1.29 is 23.1 Å². The molecule has 2 bridgehead atoms. The molecule has 2 heterocycles. The first kappa shape index (κ1) is 25.5. The maximum atomic E-state index is 16.2. The third-order valence-electron chi connectivity index (χ3n) is 8.12. The lowest BCUT2D eigenvalue weighted by molar-refractivity contribution is -0.148. The molecule has 2 aromatic carbocycles. The number of halogens is 3. The third kappa shape index (κ3) is 4.34. The van der Waals surface area contributed by atoms with Gasteiger partial charge in [0.2, 0.25) is 0 Å². The number of aromatic nitrogens is 2. The van der Waals surface area contributed by atoms with Crippen LogP contribution in [0.15, 0.2) is 48.7 Å². The van der Waals surface area contributed by atoms with E-state index in [4.69, 9.17) is 0 Å². The Morgan fingerprint density at radius 1 is 1.02 bits per heavy atom. The molecule has 3 saturated carbocycles. The predicted octanol–water partition coefficient (Wildman–Crippen LogP) is 6.22. The molecule has 3 aliphatic rings. The van der Waals surface area contributed by atoms with Crippen LogP contribution in [0.4, 0.5) is 19.0 Å². The number of nitrogens with one attached hydrogen (secondary N) is 2. The van der Waals surface area contributed by atoms with Crippen molar-refractivity contribution in [1.29, 1.82) is 5.26 Å². The highest BCUT2D eigenvalue weighted by atomic mass is 19.1. The Morgan fingerprint density at radius 3 is 2.45 bits per heavy atom. The number of hydrogen-bond donors (Lipinski definition) is 3. The molecule has 0 radical (unpaired) electrons. The summed E-state index contributed by atoms with van der Waals surface area (Å²) in [7, 11) is 0. The van der Waals surface area contributed by atoms with E-state index in [9.17, 15) is 23.9 Å². The van der Waals surface area contributed by atoms with E-state index in [1.54, 1.807) is 24.3 Å². The van der Waals surface area contributed by atoms with Gasteiger partial charge in [-0.3, -0.25) is 4.79 Å². The highest BCUT2D eigenvalue weighted by Crippen LogP contribution is 2.47. The molecule has 2 atom stereocenters. The van der Waals surface area contributed by atoms with E-state index >= 15 is 4.39 Å². The standard InChI is InChI=1S/C31H23F3N4O2/c32-19-12-21-23(15-36-29(21)24(33)13-19)28-22(14-35)20(11-6-16-4-2-1-3-5-16)26(34)30(38-28)37-27-18-9-7-17(8-10-18)25(27)31(39)40/h1-5,12-13,15,17-18,25,27,36H,7-10H2,(H,37,38)(H,39,40). The molecule has 0 spiro atoms. The molecule has 3 N–H and O–H groups in total. The predicted molar refractivity (Wildman–Crippen MR) is 143 cm³/mol. The summed E-state index contributed by atoms with van der Waals surface area (Å²) in [6.45, 7) is 0. The van der Waals surface area contributed by atoms with Crippen LogP contribution in [0.1, 0.15) is 42.4 Å². The van der Waals surface area contributed by atoms with Crippen molar-refractivity contribution in [3.8, 4) is 29.2 Å². The minimum atomic E-state index is -0.951. The lowest BCUT2D eigenvalue weighted by Crippen LogP contribution is -2.51. The fraction of sp³-hybridized carbons (Fsp3) is 0.258.